The van der Waals surface area contributed by atoms with E-state index in [4.69, 9.17) is 0 Å². The molecular weight excluding hydrogens is 595 g/mol. The van der Waals surface area contributed by atoms with E-state index >= 15 is 4.79 Å². The fourth-order valence-corrected chi connectivity index (χ4v) is 10.9. The molecule has 0 radical (unpaired) electrons. The van der Waals surface area contributed by atoms with Gasteiger partial charge in [-0.25, -0.2) is 0 Å². The number of thioether (sulfide) groups is 1. The van der Waals surface area contributed by atoms with E-state index in [1.54, 1.807) is 28.8 Å². The SMILES string of the molecule is C=CCN(Cc1ccccc1)C(=O)[C@@H]1[C@@H]2CCC3(S2)C(C(=O)N(CC=C)C2CCCCC2)N([C@@H](CO)Cc2ccccc2)C(=O)[C@H]13. The van der Waals surface area contributed by atoms with Gasteiger partial charge in [0.1, 0.15) is 6.04 Å². The van der Waals surface area contributed by atoms with Gasteiger partial charge in [-0.3, -0.25) is 14.4 Å². The highest BCUT2D eigenvalue weighted by Gasteiger charge is 2.74. The van der Waals surface area contributed by atoms with Gasteiger partial charge in [-0.05, 0) is 43.2 Å². The van der Waals surface area contributed by atoms with Crippen LogP contribution in [-0.4, -0.2) is 85.3 Å². The minimum absolute atomic E-state index is 0.0359. The molecule has 2 bridgehead atoms. The van der Waals surface area contributed by atoms with Crippen molar-refractivity contribution < 1.29 is 19.5 Å². The molecule has 4 fully saturated rings. The standard InChI is InChI=1S/C38H47N3O4S/c1-3-22-39(25-28-16-10-6-11-17-28)35(43)32-31-20-21-38(46-31)33(32)36(44)41(30(26-42)24-27-14-8-5-9-15-27)34(38)37(45)40(23-4-2)29-18-12-7-13-19-29/h3-6,8-11,14-17,29-34,42H,1-2,7,12-13,18-26H2/t30-,31+,32-,33+,34?,38?/m1/s1. The lowest BCUT2D eigenvalue weighted by atomic mass is 9.70. The van der Waals surface area contributed by atoms with Crippen LogP contribution in [0.5, 0.6) is 0 Å². The lowest BCUT2D eigenvalue weighted by molar-refractivity contribution is -0.148. The average Bonchev–Trinajstić information content (AvgIpc) is 3.74. The number of aliphatic hydroxyl groups is 1. The first-order chi connectivity index (χ1) is 22.4. The van der Waals surface area contributed by atoms with E-state index in [2.05, 4.69) is 13.2 Å². The highest BCUT2D eigenvalue weighted by Crippen LogP contribution is 2.67. The number of benzene rings is 2. The van der Waals surface area contributed by atoms with Gasteiger partial charge in [-0.15, -0.1) is 24.9 Å². The molecule has 3 heterocycles. The number of carbonyl (C=O) groups excluding carboxylic acids is 3. The van der Waals surface area contributed by atoms with Crippen molar-refractivity contribution in [3.63, 3.8) is 0 Å². The van der Waals surface area contributed by atoms with Crippen LogP contribution in [0.3, 0.4) is 0 Å². The molecule has 4 aliphatic rings. The molecule has 6 atom stereocenters. The summed E-state index contributed by atoms with van der Waals surface area (Å²) in [7, 11) is 0. The highest BCUT2D eigenvalue weighted by molar-refractivity contribution is 8.02. The zero-order chi connectivity index (χ0) is 32.3. The lowest BCUT2D eigenvalue weighted by Crippen LogP contribution is -2.59. The number of carbonyl (C=O) groups is 3. The Kier molecular flexibility index (Phi) is 10.0. The van der Waals surface area contributed by atoms with Crippen LogP contribution in [0.2, 0.25) is 0 Å². The molecule has 6 rings (SSSR count). The number of aliphatic hydroxyl groups excluding tert-OH is 1. The van der Waals surface area contributed by atoms with Gasteiger partial charge in [-0.1, -0.05) is 92.1 Å². The van der Waals surface area contributed by atoms with Gasteiger partial charge in [0.25, 0.3) is 0 Å². The van der Waals surface area contributed by atoms with E-state index in [-0.39, 0.29) is 35.6 Å². The molecule has 1 saturated carbocycles. The maximum atomic E-state index is 15.0. The summed E-state index contributed by atoms with van der Waals surface area (Å²) in [5.41, 5.74) is 2.02. The Labute approximate surface area is 277 Å². The monoisotopic (exact) mass is 641 g/mol. The number of likely N-dealkylation sites (tertiary alicyclic amines) is 1. The van der Waals surface area contributed by atoms with Crippen molar-refractivity contribution in [3.8, 4) is 0 Å². The van der Waals surface area contributed by atoms with E-state index in [1.807, 2.05) is 70.5 Å². The van der Waals surface area contributed by atoms with Crippen LogP contribution >= 0.6 is 11.8 Å². The fourth-order valence-electron chi connectivity index (χ4n) is 8.69. The van der Waals surface area contributed by atoms with Crippen LogP contribution in [0.25, 0.3) is 0 Å². The summed E-state index contributed by atoms with van der Waals surface area (Å²) in [6, 6.07) is 18.5. The molecule has 2 aromatic rings. The molecule has 46 heavy (non-hydrogen) atoms. The Bertz CT molecular complexity index is 1410. The summed E-state index contributed by atoms with van der Waals surface area (Å²) in [6.45, 7) is 8.88. The zero-order valence-corrected chi connectivity index (χ0v) is 27.5. The molecule has 0 aromatic heterocycles. The average molecular weight is 642 g/mol. The van der Waals surface area contributed by atoms with Crippen LogP contribution in [-0.2, 0) is 27.3 Å². The third-order valence-electron chi connectivity index (χ3n) is 10.7. The summed E-state index contributed by atoms with van der Waals surface area (Å²) in [5.74, 6) is -1.42. The van der Waals surface area contributed by atoms with Gasteiger partial charge in [0.2, 0.25) is 17.7 Å². The predicted octanol–water partition coefficient (Wildman–Crippen LogP) is 5.24. The first kappa shape index (κ1) is 32.6. The van der Waals surface area contributed by atoms with E-state index < -0.39 is 28.7 Å². The quantitative estimate of drug-likeness (QED) is 0.303. The van der Waals surface area contributed by atoms with E-state index in [0.717, 1.165) is 43.2 Å². The number of hydrogen-bond donors (Lipinski definition) is 1. The maximum Gasteiger partial charge on any atom is 0.247 e. The number of rotatable bonds is 13. The second-order valence-electron chi connectivity index (χ2n) is 13.4. The van der Waals surface area contributed by atoms with E-state index in [9.17, 15) is 14.7 Å². The van der Waals surface area contributed by atoms with E-state index in [0.29, 0.717) is 32.5 Å². The predicted molar refractivity (Wildman–Crippen MR) is 183 cm³/mol. The Balaban J connectivity index is 1.39. The molecule has 1 spiro atoms. The number of nitrogens with zero attached hydrogens (tertiary/aromatic N) is 3. The van der Waals surface area contributed by atoms with Crippen LogP contribution in [0, 0.1) is 11.8 Å². The van der Waals surface area contributed by atoms with Gasteiger partial charge >= 0.3 is 0 Å². The lowest BCUT2D eigenvalue weighted by Gasteiger charge is -2.42. The van der Waals surface area contributed by atoms with Crippen molar-refractivity contribution in [1.29, 1.82) is 0 Å². The molecule has 244 valence electrons. The van der Waals surface area contributed by atoms with Crippen LogP contribution in [0.1, 0.15) is 56.1 Å². The molecule has 8 heteroatoms. The van der Waals surface area contributed by atoms with Gasteiger partial charge in [-0.2, -0.15) is 0 Å². The van der Waals surface area contributed by atoms with Crippen molar-refractivity contribution in [1.82, 2.24) is 14.7 Å². The highest BCUT2D eigenvalue weighted by atomic mass is 32.2. The molecule has 2 unspecified atom stereocenters. The van der Waals surface area contributed by atoms with Crippen molar-refractivity contribution >= 4 is 29.5 Å². The normalized spacial score (nSPS) is 27.7. The number of fused-ring (bicyclic) bond motifs is 1. The van der Waals surface area contributed by atoms with Crippen molar-refractivity contribution in [2.24, 2.45) is 11.8 Å². The van der Waals surface area contributed by atoms with Crippen molar-refractivity contribution in [2.75, 3.05) is 19.7 Å². The topological polar surface area (TPSA) is 81.2 Å². The Morgan fingerprint density at radius 2 is 1.59 bits per heavy atom. The van der Waals surface area contributed by atoms with Gasteiger partial charge in [0, 0.05) is 30.9 Å². The van der Waals surface area contributed by atoms with E-state index in [1.165, 1.54) is 6.42 Å². The Hall–Kier alpha value is -3.36. The largest absolute Gasteiger partial charge is 0.394 e. The maximum absolute atomic E-state index is 15.0. The number of hydrogen-bond acceptors (Lipinski definition) is 5. The Morgan fingerprint density at radius 1 is 0.935 bits per heavy atom. The molecule has 1 N–H and O–H groups in total. The molecular formula is C38H47N3O4S. The second-order valence-corrected chi connectivity index (χ2v) is 15.0. The molecule has 3 aliphatic heterocycles. The Morgan fingerprint density at radius 3 is 2.22 bits per heavy atom. The minimum atomic E-state index is -0.748. The molecule has 3 saturated heterocycles. The third kappa shape index (κ3) is 5.95. The van der Waals surface area contributed by atoms with Gasteiger partial charge < -0.3 is 19.8 Å². The third-order valence-corrected chi connectivity index (χ3v) is 12.6. The minimum Gasteiger partial charge on any atom is -0.394 e. The molecule has 1 aliphatic carbocycles. The fraction of sp³-hybridized carbons (Fsp3) is 0.500. The van der Waals surface area contributed by atoms with Crippen LogP contribution in [0.4, 0.5) is 0 Å². The molecule has 2 aromatic carbocycles. The zero-order valence-electron chi connectivity index (χ0n) is 26.7. The smallest absolute Gasteiger partial charge is 0.247 e. The summed E-state index contributed by atoms with van der Waals surface area (Å²) in [5, 5.41) is 10.8. The van der Waals surface area contributed by atoms with Crippen molar-refractivity contribution in [2.45, 2.75) is 86.0 Å². The number of amides is 3. The van der Waals surface area contributed by atoms with Gasteiger partial charge in [0.15, 0.2) is 0 Å². The van der Waals surface area contributed by atoms with Crippen LogP contribution < -0.4 is 0 Å². The summed E-state index contributed by atoms with van der Waals surface area (Å²) in [4.78, 5) is 50.0. The molecule has 7 nitrogen and oxygen atoms in total. The summed E-state index contributed by atoms with van der Waals surface area (Å²) in [6.07, 6.45) is 10.7. The van der Waals surface area contributed by atoms with Crippen LogP contribution in [0.15, 0.2) is 86.0 Å². The first-order valence-corrected chi connectivity index (χ1v) is 17.8. The van der Waals surface area contributed by atoms with Crippen molar-refractivity contribution in [3.05, 3.63) is 97.1 Å². The summed E-state index contributed by atoms with van der Waals surface area (Å²) < 4.78 is -0.718. The first-order valence-electron chi connectivity index (χ1n) is 16.9. The second kappa shape index (κ2) is 14.2. The summed E-state index contributed by atoms with van der Waals surface area (Å²) >= 11 is 1.70. The van der Waals surface area contributed by atoms with Gasteiger partial charge in [0.05, 0.1) is 29.2 Å². The molecule has 3 amide bonds.